The van der Waals surface area contributed by atoms with E-state index < -0.39 is 0 Å². The highest BCUT2D eigenvalue weighted by Gasteiger charge is 2.11. The second-order valence-corrected chi connectivity index (χ2v) is 3.21. The molecule has 0 aliphatic rings. The lowest BCUT2D eigenvalue weighted by Crippen LogP contribution is -1.98. The van der Waals surface area contributed by atoms with Crippen LogP contribution in [0.25, 0.3) is 0 Å². The van der Waals surface area contributed by atoms with Crippen molar-refractivity contribution in [2.24, 2.45) is 4.99 Å². The fourth-order valence-corrected chi connectivity index (χ4v) is 1.40. The van der Waals surface area contributed by atoms with Crippen molar-refractivity contribution in [3.8, 4) is 17.2 Å². The molecule has 0 bridgehead atoms. The molecular weight excluding hydrogens is 222 g/mol. The maximum absolute atomic E-state index is 8.68. The zero-order chi connectivity index (χ0) is 12.7. The van der Waals surface area contributed by atoms with Gasteiger partial charge in [-0.2, -0.15) is 0 Å². The van der Waals surface area contributed by atoms with E-state index in [1.807, 2.05) is 0 Å². The molecule has 0 aromatic heterocycles. The number of benzene rings is 1. The third-order valence-electron chi connectivity index (χ3n) is 2.18. The third-order valence-corrected chi connectivity index (χ3v) is 2.18. The smallest absolute Gasteiger partial charge is 0.169 e. The molecule has 1 rings (SSSR count). The number of hydrogen-bond acceptors (Lipinski definition) is 5. The van der Waals surface area contributed by atoms with E-state index in [0.29, 0.717) is 23.8 Å². The maximum Gasteiger partial charge on any atom is 0.169 e. The molecule has 0 aliphatic carbocycles. The Morgan fingerprint density at radius 3 is 2.47 bits per heavy atom. The van der Waals surface area contributed by atoms with E-state index in [4.69, 9.17) is 19.3 Å². The van der Waals surface area contributed by atoms with Gasteiger partial charge in [-0.3, -0.25) is 4.99 Å². The minimum Gasteiger partial charge on any atom is -0.497 e. The zero-order valence-corrected chi connectivity index (χ0v) is 10.3. The molecule has 5 nitrogen and oxygen atoms in total. The standard InChI is InChI=1S/C12H17NO4/c1-15-10-6-9(8-13-4-5-14)12(17-3)11(7-10)16-2/h6-8,14H,4-5H2,1-3H3/b13-8+. The van der Waals surface area contributed by atoms with Crippen molar-refractivity contribution < 1.29 is 19.3 Å². The van der Waals surface area contributed by atoms with Crippen molar-refractivity contribution in [3.05, 3.63) is 17.7 Å². The first-order chi connectivity index (χ1) is 8.26. The fraction of sp³-hybridized carbons (Fsp3) is 0.417. The summed E-state index contributed by atoms with van der Waals surface area (Å²) >= 11 is 0. The molecule has 1 N–H and O–H groups in total. The highest BCUT2D eigenvalue weighted by Crippen LogP contribution is 2.34. The number of methoxy groups -OCH3 is 3. The van der Waals surface area contributed by atoms with Crippen LogP contribution in [-0.2, 0) is 0 Å². The normalized spacial score (nSPS) is 10.6. The van der Waals surface area contributed by atoms with Crippen LogP contribution in [0.2, 0.25) is 0 Å². The molecule has 0 amide bonds. The minimum atomic E-state index is 0.0138. The molecule has 0 saturated heterocycles. The van der Waals surface area contributed by atoms with Crippen LogP contribution in [-0.4, -0.2) is 45.8 Å². The van der Waals surface area contributed by atoms with Gasteiger partial charge in [0.25, 0.3) is 0 Å². The summed E-state index contributed by atoms with van der Waals surface area (Å²) in [6.45, 7) is 0.364. The Labute approximate surface area is 101 Å². The van der Waals surface area contributed by atoms with Crippen LogP contribution in [0.5, 0.6) is 17.2 Å². The van der Waals surface area contributed by atoms with Crippen LogP contribution in [0.4, 0.5) is 0 Å². The first-order valence-electron chi connectivity index (χ1n) is 5.17. The number of aliphatic imine (C=N–C) groups is 1. The lowest BCUT2D eigenvalue weighted by Gasteiger charge is -2.12. The van der Waals surface area contributed by atoms with E-state index >= 15 is 0 Å². The highest BCUT2D eigenvalue weighted by molar-refractivity contribution is 5.86. The Bertz CT molecular complexity index is 390. The third kappa shape index (κ3) is 3.35. The molecule has 5 heteroatoms. The van der Waals surface area contributed by atoms with Crippen molar-refractivity contribution in [2.45, 2.75) is 0 Å². The molecule has 0 spiro atoms. The molecular formula is C12H17NO4. The monoisotopic (exact) mass is 239 g/mol. The quantitative estimate of drug-likeness (QED) is 0.756. The van der Waals surface area contributed by atoms with Gasteiger partial charge in [0.05, 0.1) is 34.5 Å². The Morgan fingerprint density at radius 2 is 1.94 bits per heavy atom. The molecule has 0 saturated carbocycles. The summed E-state index contributed by atoms with van der Waals surface area (Å²) in [7, 11) is 4.70. The Balaban J connectivity index is 3.14. The summed E-state index contributed by atoms with van der Waals surface area (Å²) in [4.78, 5) is 4.05. The topological polar surface area (TPSA) is 60.3 Å². The highest BCUT2D eigenvalue weighted by atomic mass is 16.5. The van der Waals surface area contributed by atoms with E-state index in [0.717, 1.165) is 5.56 Å². The molecule has 1 aromatic carbocycles. The van der Waals surface area contributed by atoms with Gasteiger partial charge in [-0.1, -0.05) is 0 Å². The van der Waals surface area contributed by atoms with Crippen LogP contribution in [0, 0.1) is 0 Å². The molecule has 0 aliphatic heterocycles. The van der Waals surface area contributed by atoms with Crippen LogP contribution < -0.4 is 14.2 Å². The van der Waals surface area contributed by atoms with Gasteiger partial charge in [0, 0.05) is 17.8 Å². The Hall–Kier alpha value is -1.75. The summed E-state index contributed by atoms with van der Waals surface area (Å²) in [6.07, 6.45) is 1.63. The van der Waals surface area contributed by atoms with Gasteiger partial charge in [0.1, 0.15) is 5.75 Å². The van der Waals surface area contributed by atoms with E-state index in [2.05, 4.69) is 4.99 Å². The van der Waals surface area contributed by atoms with Crippen LogP contribution in [0.3, 0.4) is 0 Å². The molecule has 0 heterocycles. The van der Waals surface area contributed by atoms with Crippen LogP contribution in [0.15, 0.2) is 17.1 Å². The molecule has 0 unspecified atom stereocenters. The van der Waals surface area contributed by atoms with Gasteiger partial charge in [-0.25, -0.2) is 0 Å². The van der Waals surface area contributed by atoms with E-state index in [-0.39, 0.29) is 6.61 Å². The van der Waals surface area contributed by atoms with Gasteiger partial charge in [0.2, 0.25) is 0 Å². The van der Waals surface area contributed by atoms with Gasteiger partial charge in [0.15, 0.2) is 11.5 Å². The maximum atomic E-state index is 8.68. The lowest BCUT2D eigenvalue weighted by atomic mass is 10.2. The molecule has 1 aromatic rings. The first kappa shape index (κ1) is 13.3. The summed E-state index contributed by atoms with van der Waals surface area (Å²) in [5.41, 5.74) is 0.747. The predicted octanol–water partition coefficient (Wildman–Crippen LogP) is 1.12. The van der Waals surface area contributed by atoms with Crippen molar-refractivity contribution in [1.29, 1.82) is 0 Å². The number of aliphatic hydroxyl groups excluding tert-OH is 1. The van der Waals surface area contributed by atoms with Crippen molar-refractivity contribution in [1.82, 2.24) is 0 Å². The average molecular weight is 239 g/mol. The zero-order valence-electron chi connectivity index (χ0n) is 10.3. The minimum absolute atomic E-state index is 0.0138. The first-order valence-corrected chi connectivity index (χ1v) is 5.17. The number of aliphatic hydroxyl groups is 1. The summed E-state index contributed by atoms with van der Waals surface area (Å²) in [5.74, 6) is 1.83. The molecule has 17 heavy (non-hydrogen) atoms. The van der Waals surface area contributed by atoms with Gasteiger partial charge in [-0.15, -0.1) is 0 Å². The average Bonchev–Trinajstić information content (AvgIpc) is 2.37. The van der Waals surface area contributed by atoms with Gasteiger partial charge < -0.3 is 19.3 Å². The summed E-state index contributed by atoms with van der Waals surface area (Å²) in [6, 6.07) is 3.53. The second kappa shape index (κ2) is 6.75. The molecule has 0 atom stereocenters. The molecule has 0 fully saturated rings. The molecule has 0 radical (unpaired) electrons. The van der Waals surface area contributed by atoms with Crippen molar-refractivity contribution in [2.75, 3.05) is 34.5 Å². The van der Waals surface area contributed by atoms with Gasteiger partial charge >= 0.3 is 0 Å². The van der Waals surface area contributed by atoms with Crippen molar-refractivity contribution in [3.63, 3.8) is 0 Å². The summed E-state index contributed by atoms with van der Waals surface area (Å²) < 4.78 is 15.6. The number of rotatable bonds is 6. The lowest BCUT2D eigenvalue weighted by molar-refractivity contribution is 0.307. The number of hydrogen-bond donors (Lipinski definition) is 1. The fourth-order valence-electron chi connectivity index (χ4n) is 1.40. The van der Waals surface area contributed by atoms with E-state index in [1.165, 1.54) is 0 Å². The van der Waals surface area contributed by atoms with Crippen LogP contribution >= 0.6 is 0 Å². The second-order valence-electron chi connectivity index (χ2n) is 3.21. The molecule has 94 valence electrons. The number of ether oxygens (including phenoxy) is 3. The van der Waals surface area contributed by atoms with Crippen LogP contribution in [0.1, 0.15) is 5.56 Å². The SMILES string of the molecule is COc1cc(/C=N/CCO)c(OC)c(OC)c1. The largest absolute Gasteiger partial charge is 0.497 e. The Kier molecular flexibility index (Phi) is 5.29. The number of nitrogens with zero attached hydrogens (tertiary/aromatic N) is 1. The van der Waals surface area contributed by atoms with Gasteiger partial charge in [-0.05, 0) is 6.07 Å². The Morgan fingerprint density at radius 1 is 1.18 bits per heavy atom. The predicted molar refractivity (Wildman–Crippen MR) is 65.6 cm³/mol. The van der Waals surface area contributed by atoms with E-state index in [9.17, 15) is 0 Å². The van der Waals surface area contributed by atoms with E-state index in [1.54, 1.807) is 39.7 Å². The van der Waals surface area contributed by atoms with Crippen molar-refractivity contribution >= 4 is 6.21 Å². The summed E-state index contributed by atoms with van der Waals surface area (Å²) in [5, 5.41) is 8.68.